The highest BCUT2D eigenvalue weighted by Crippen LogP contribution is 2.20. The number of aliphatic carboxylic acids is 1. The Labute approximate surface area is 113 Å². The van der Waals surface area contributed by atoms with E-state index in [2.05, 4.69) is 0 Å². The first-order chi connectivity index (χ1) is 8.92. The van der Waals surface area contributed by atoms with Gasteiger partial charge in [-0.15, -0.1) is 0 Å². The summed E-state index contributed by atoms with van der Waals surface area (Å²) >= 11 is 0. The molecule has 0 bridgehead atoms. The molecule has 0 aromatic heterocycles. The molecular weight excluding hydrogens is 248 g/mol. The fourth-order valence-electron chi connectivity index (χ4n) is 2.28. The first-order valence-electron chi connectivity index (χ1n) is 6.84. The van der Waals surface area contributed by atoms with Crippen LogP contribution >= 0.6 is 0 Å². The second kappa shape index (κ2) is 6.86. The van der Waals surface area contributed by atoms with Crippen molar-refractivity contribution in [1.29, 1.82) is 0 Å². The number of nitrogens with two attached hydrogens (primary N) is 1. The van der Waals surface area contributed by atoms with Crippen molar-refractivity contribution in [2.45, 2.75) is 51.2 Å². The molecule has 0 spiro atoms. The summed E-state index contributed by atoms with van der Waals surface area (Å²) in [6, 6.07) is 0. The molecule has 1 rings (SSSR count). The van der Waals surface area contributed by atoms with E-state index in [1.807, 2.05) is 13.8 Å². The van der Waals surface area contributed by atoms with Crippen LogP contribution in [-0.4, -0.2) is 53.2 Å². The van der Waals surface area contributed by atoms with Crippen molar-refractivity contribution in [1.82, 2.24) is 4.90 Å². The van der Waals surface area contributed by atoms with Crippen LogP contribution in [0.1, 0.15) is 39.5 Å². The number of nitrogens with zero attached hydrogens (tertiary/aromatic N) is 1. The molecule has 0 aromatic rings. The van der Waals surface area contributed by atoms with Crippen LogP contribution in [0.15, 0.2) is 0 Å². The standard InChI is InChI=1S/C13H24N2O4/c1-3-13(14,4-2)12(18)15-7-5-10(6-8-15)19-9-11(16)17/h10H,3-9,14H2,1-2H3,(H,16,17). The molecule has 6 nitrogen and oxygen atoms in total. The molecule has 0 radical (unpaired) electrons. The summed E-state index contributed by atoms with van der Waals surface area (Å²) in [6.45, 7) is 4.74. The minimum atomic E-state index is -0.962. The number of amides is 1. The van der Waals surface area contributed by atoms with Gasteiger partial charge in [-0.1, -0.05) is 13.8 Å². The maximum atomic E-state index is 12.3. The van der Waals surface area contributed by atoms with Gasteiger partial charge in [-0.05, 0) is 25.7 Å². The van der Waals surface area contributed by atoms with Crippen molar-refractivity contribution in [3.8, 4) is 0 Å². The van der Waals surface area contributed by atoms with Crippen molar-refractivity contribution in [2.24, 2.45) is 5.73 Å². The average Bonchev–Trinajstić information content (AvgIpc) is 2.44. The highest BCUT2D eigenvalue weighted by atomic mass is 16.5. The summed E-state index contributed by atoms with van der Waals surface area (Å²) in [4.78, 5) is 24.5. The Bertz CT molecular complexity index is 321. The third-order valence-electron chi connectivity index (χ3n) is 3.86. The highest BCUT2D eigenvalue weighted by molar-refractivity contribution is 5.86. The zero-order valence-corrected chi connectivity index (χ0v) is 11.7. The number of hydrogen-bond donors (Lipinski definition) is 2. The van der Waals surface area contributed by atoms with E-state index in [1.54, 1.807) is 4.90 Å². The molecule has 0 atom stereocenters. The lowest BCUT2D eigenvalue weighted by Gasteiger charge is -2.37. The number of carbonyl (C=O) groups is 2. The van der Waals surface area contributed by atoms with Crippen LogP contribution in [-0.2, 0) is 14.3 Å². The number of carboxylic acid groups (broad SMARTS) is 1. The Morgan fingerprint density at radius 3 is 2.26 bits per heavy atom. The minimum Gasteiger partial charge on any atom is -0.480 e. The SMILES string of the molecule is CCC(N)(CC)C(=O)N1CCC(OCC(=O)O)CC1. The smallest absolute Gasteiger partial charge is 0.329 e. The summed E-state index contributed by atoms with van der Waals surface area (Å²) < 4.78 is 5.24. The third kappa shape index (κ3) is 4.18. The summed E-state index contributed by atoms with van der Waals surface area (Å²) in [5, 5.41) is 8.55. The number of carbonyl (C=O) groups excluding carboxylic acids is 1. The molecule has 1 aliphatic rings. The molecule has 1 amide bonds. The number of likely N-dealkylation sites (tertiary alicyclic amines) is 1. The van der Waals surface area contributed by atoms with Crippen LogP contribution in [0.4, 0.5) is 0 Å². The quantitative estimate of drug-likeness (QED) is 0.738. The minimum absolute atomic E-state index is 0.00538. The van der Waals surface area contributed by atoms with E-state index in [-0.39, 0.29) is 18.6 Å². The molecule has 0 aliphatic carbocycles. The maximum absolute atomic E-state index is 12.3. The molecule has 0 saturated carbocycles. The van der Waals surface area contributed by atoms with Crippen molar-refractivity contribution >= 4 is 11.9 Å². The second-order valence-electron chi connectivity index (χ2n) is 5.06. The van der Waals surface area contributed by atoms with Gasteiger partial charge in [0.25, 0.3) is 0 Å². The van der Waals surface area contributed by atoms with E-state index in [1.165, 1.54) is 0 Å². The van der Waals surface area contributed by atoms with Crippen LogP contribution in [0.3, 0.4) is 0 Å². The van der Waals surface area contributed by atoms with E-state index < -0.39 is 11.5 Å². The van der Waals surface area contributed by atoms with Crippen LogP contribution in [0.2, 0.25) is 0 Å². The van der Waals surface area contributed by atoms with Crippen LogP contribution in [0, 0.1) is 0 Å². The monoisotopic (exact) mass is 272 g/mol. The number of piperidine rings is 1. The third-order valence-corrected chi connectivity index (χ3v) is 3.86. The molecule has 110 valence electrons. The first kappa shape index (κ1) is 15.9. The highest BCUT2D eigenvalue weighted by Gasteiger charge is 2.35. The molecule has 0 aromatic carbocycles. The van der Waals surface area contributed by atoms with Crippen molar-refractivity contribution < 1.29 is 19.4 Å². The Hall–Kier alpha value is -1.14. The zero-order chi connectivity index (χ0) is 14.5. The Morgan fingerprint density at radius 2 is 1.84 bits per heavy atom. The fourth-order valence-corrected chi connectivity index (χ4v) is 2.28. The van der Waals surface area contributed by atoms with Gasteiger partial charge in [0.15, 0.2) is 0 Å². The molecule has 3 N–H and O–H groups in total. The van der Waals surface area contributed by atoms with Gasteiger partial charge in [0.2, 0.25) is 5.91 Å². The zero-order valence-electron chi connectivity index (χ0n) is 11.7. The largest absolute Gasteiger partial charge is 0.480 e. The average molecular weight is 272 g/mol. The van der Waals surface area contributed by atoms with E-state index in [9.17, 15) is 9.59 Å². The molecule has 1 saturated heterocycles. The van der Waals surface area contributed by atoms with Crippen molar-refractivity contribution in [3.05, 3.63) is 0 Å². The molecule has 1 fully saturated rings. The van der Waals surface area contributed by atoms with E-state index >= 15 is 0 Å². The van der Waals surface area contributed by atoms with Gasteiger partial charge in [-0.2, -0.15) is 0 Å². The summed E-state index contributed by atoms with van der Waals surface area (Å²) in [7, 11) is 0. The van der Waals surface area contributed by atoms with Gasteiger partial charge in [-0.25, -0.2) is 4.79 Å². The maximum Gasteiger partial charge on any atom is 0.329 e. The van der Waals surface area contributed by atoms with Crippen LogP contribution < -0.4 is 5.73 Å². The number of ether oxygens (including phenoxy) is 1. The predicted molar refractivity (Wildman–Crippen MR) is 70.7 cm³/mol. The molecule has 6 heteroatoms. The van der Waals surface area contributed by atoms with Crippen LogP contribution in [0.5, 0.6) is 0 Å². The van der Waals surface area contributed by atoms with Gasteiger partial charge in [0.05, 0.1) is 11.6 Å². The lowest BCUT2D eigenvalue weighted by molar-refractivity contribution is -0.148. The molecule has 19 heavy (non-hydrogen) atoms. The van der Waals surface area contributed by atoms with Crippen molar-refractivity contribution in [2.75, 3.05) is 19.7 Å². The predicted octanol–water partition coefficient (Wildman–Crippen LogP) is 0.596. The Kier molecular flexibility index (Phi) is 5.75. The summed E-state index contributed by atoms with van der Waals surface area (Å²) in [5.41, 5.74) is 5.33. The fraction of sp³-hybridized carbons (Fsp3) is 0.846. The first-order valence-corrected chi connectivity index (χ1v) is 6.84. The van der Waals surface area contributed by atoms with Gasteiger partial charge < -0.3 is 20.5 Å². The van der Waals surface area contributed by atoms with Crippen molar-refractivity contribution in [3.63, 3.8) is 0 Å². The number of carboxylic acids is 1. The Balaban J connectivity index is 2.45. The normalized spacial score (nSPS) is 17.5. The van der Waals surface area contributed by atoms with E-state index in [0.717, 1.165) is 0 Å². The lowest BCUT2D eigenvalue weighted by atomic mass is 9.91. The second-order valence-corrected chi connectivity index (χ2v) is 5.06. The molecular formula is C13H24N2O4. The van der Waals surface area contributed by atoms with Gasteiger partial charge in [0, 0.05) is 13.1 Å². The van der Waals surface area contributed by atoms with Gasteiger partial charge >= 0.3 is 5.97 Å². The van der Waals surface area contributed by atoms with Crippen LogP contribution in [0.25, 0.3) is 0 Å². The van der Waals surface area contributed by atoms with E-state index in [4.69, 9.17) is 15.6 Å². The lowest BCUT2D eigenvalue weighted by Crippen LogP contribution is -2.56. The van der Waals surface area contributed by atoms with Gasteiger partial charge in [0.1, 0.15) is 6.61 Å². The molecule has 1 heterocycles. The number of rotatable bonds is 6. The molecule has 0 unspecified atom stereocenters. The Morgan fingerprint density at radius 1 is 1.32 bits per heavy atom. The summed E-state index contributed by atoms with van der Waals surface area (Å²) in [6.07, 6.45) is 2.51. The molecule has 1 aliphatic heterocycles. The summed E-state index contributed by atoms with van der Waals surface area (Å²) in [5.74, 6) is -0.967. The number of hydrogen-bond acceptors (Lipinski definition) is 4. The van der Waals surface area contributed by atoms with E-state index in [0.29, 0.717) is 38.8 Å². The topological polar surface area (TPSA) is 92.9 Å². The van der Waals surface area contributed by atoms with Gasteiger partial charge in [-0.3, -0.25) is 4.79 Å².